The Bertz CT molecular complexity index is 811. The highest BCUT2D eigenvalue weighted by molar-refractivity contribution is 5.75. The van der Waals surface area contributed by atoms with Gasteiger partial charge in [0.2, 0.25) is 0 Å². The lowest BCUT2D eigenvalue weighted by Crippen LogP contribution is -2.34. The van der Waals surface area contributed by atoms with Gasteiger partial charge >= 0.3 is 6.03 Å². The highest BCUT2D eigenvalue weighted by Gasteiger charge is 2.12. The molecule has 3 rings (SSSR count). The van der Waals surface area contributed by atoms with E-state index >= 15 is 0 Å². The molecule has 2 amide bonds. The van der Waals surface area contributed by atoms with Gasteiger partial charge in [-0.15, -0.1) is 0 Å². The van der Waals surface area contributed by atoms with Crippen LogP contribution in [-0.2, 0) is 13.1 Å². The fraction of sp³-hybridized carbons (Fsp3) is 0.176. The highest BCUT2D eigenvalue weighted by Crippen LogP contribution is 2.17. The quantitative estimate of drug-likeness (QED) is 0.760. The number of hydrogen-bond donors (Lipinski definition) is 2. The van der Waals surface area contributed by atoms with E-state index in [1.807, 2.05) is 42.5 Å². The zero-order chi connectivity index (χ0) is 16.2. The van der Waals surface area contributed by atoms with E-state index in [-0.39, 0.29) is 0 Å². The Morgan fingerprint density at radius 2 is 1.87 bits per heavy atom. The topological polar surface area (TPSA) is 84.2 Å². The molecular formula is C17H18N4O2. The highest BCUT2D eigenvalue weighted by atomic mass is 16.5. The van der Waals surface area contributed by atoms with Crippen LogP contribution < -0.4 is 10.5 Å². The number of ether oxygens (including phenoxy) is 1. The number of urea groups is 1. The van der Waals surface area contributed by atoms with E-state index < -0.39 is 6.03 Å². The predicted octanol–water partition coefficient (Wildman–Crippen LogP) is 2.65. The summed E-state index contributed by atoms with van der Waals surface area (Å²) in [6, 6.07) is 13.0. The van der Waals surface area contributed by atoms with Crippen molar-refractivity contribution in [3.05, 3.63) is 59.9 Å². The molecule has 0 saturated heterocycles. The van der Waals surface area contributed by atoms with Gasteiger partial charge in [-0.05, 0) is 35.4 Å². The Balaban J connectivity index is 1.76. The zero-order valence-electron chi connectivity index (χ0n) is 12.8. The summed E-state index contributed by atoms with van der Waals surface area (Å²) in [6.07, 6.45) is 1.65. The van der Waals surface area contributed by atoms with Crippen molar-refractivity contribution < 1.29 is 9.53 Å². The Morgan fingerprint density at radius 1 is 1.17 bits per heavy atom. The van der Waals surface area contributed by atoms with Gasteiger partial charge in [0.15, 0.2) is 0 Å². The van der Waals surface area contributed by atoms with Gasteiger partial charge in [-0.2, -0.15) is 0 Å². The molecule has 0 unspecified atom stereocenters. The normalized spacial score (nSPS) is 10.7. The van der Waals surface area contributed by atoms with Gasteiger partial charge in [-0.3, -0.25) is 0 Å². The van der Waals surface area contributed by atoms with Gasteiger partial charge in [0.05, 0.1) is 24.5 Å². The molecule has 0 bridgehead atoms. The number of aromatic amines is 1. The second kappa shape index (κ2) is 6.39. The number of amides is 2. The van der Waals surface area contributed by atoms with Crippen molar-refractivity contribution in [2.24, 2.45) is 5.73 Å². The summed E-state index contributed by atoms with van der Waals surface area (Å²) >= 11 is 0. The average Bonchev–Trinajstić information content (AvgIpc) is 3.02. The largest absolute Gasteiger partial charge is 0.497 e. The monoisotopic (exact) mass is 310 g/mol. The second-order valence-corrected chi connectivity index (χ2v) is 5.30. The number of H-pyrrole nitrogens is 1. The van der Waals surface area contributed by atoms with Crippen LogP contribution in [0.15, 0.2) is 48.8 Å². The van der Waals surface area contributed by atoms with Gasteiger partial charge in [0, 0.05) is 13.1 Å². The number of fused-ring (bicyclic) bond motifs is 1. The fourth-order valence-electron chi connectivity index (χ4n) is 2.46. The lowest BCUT2D eigenvalue weighted by atomic mass is 10.1. The van der Waals surface area contributed by atoms with E-state index in [1.54, 1.807) is 18.3 Å². The van der Waals surface area contributed by atoms with Crippen molar-refractivity contribution in [2.45, 2.75) is 13.1 Å². The number of rotatable bonds is 5. The summed E-state index contributed by atoms with van der Waals surface area (Å²) in [5.74, 6) is 0.782. The maximum atomic E-state index is 11.7. The lowest BCUT2D eigenvalue weighted by molar-refractivity contribution is 0.202. The molecule has 0 aliphatic rings. The minimum Gasteiger partial charge on any atom is -0.497 e. The van der Waals surface area contributed by atoms with Gasteiger partial charge in [-0.1, -0.05) is 18.2 Å². The van der Waals surface area contributed by atoms with E-state index in [0.29, 0.717) is 13.1 Å². The Morgan fingerprint density at radius 3 is 2.57 bits per heavy atom. The van der Waals surface area contributed by atoms with Crippen molar-refractivity contribution in [3.8, 4) is 5.75 Å². The standard InChI is InChI=1S/C17H18N4O2/c1-23-14-5-2-12(3-6-14)9-21(17(18)22)10-13-4-7-15-16(8-13)20-11-19-15/h2-8,11H,9-10H2,1H3,(H2,18,22)(H,19,20). The van der Waals surface area contributed by atoms with Gasteiger partial charge in [-0.25, -0.2) is 9.78 Å². The van der Waals surface area contributed by atoms with Crippen molar-refractivity contribution in [1.29, 1.82) is 0 Å². The molecule has 6 heteroatoms. The number of nitrogens with zero attached hydrogens (tertiary/aromatic N) is 2. The van der Waals surface area contributed by atoms with E-state index in [9.17, 15) is 4.79 Å². The number of nitrogens with two attached hydrogens (primary N) is 1. The van der Waals surface area contributed by atoms with Crippen LogP contribution in [0.2, 0.25) is 0 Å². The minimum absolute atomic E-state index is 0.441. The maximum Gasteiger partial charge on any atom is 0.315 e. The van der Waals surface area contributed by atoms with E-state index in [0.717, 1.165) is 27.9 Å². The Labute approximate surface area is 133 Å². The number of benzene rings is 2. The second-order valence-electron chi connectivity index (χ2n) is 5.30. The van der Waals surface area contributed by atoms with Crippen LogP contribution in [-0.4, -0.2) is 28.0 Å². The van der Waals surface area contributed by atoms with E-state index in [1.165, 1.54) is 0 Å². The molecule has 118 valence electrons. The van der Waals surface area contributed by atoms with Gasteiger partial charge < -0.3 is 20.4 Å². The summed E-state index contributed by atoms with van der Waals surface area (Å²) in [7, 11) is 1.62. The number of imidazole rings is 1. The van der Waals surface area contributed by atoms with Crippen LogP contribution in [0, 0.1) is 0 Å². The molecule has 1 aromatic heterocycles. The SMILES string of the molecule is COc1ccc(CN(Cc2ccc3nc[nH]c3c2)C(N)=O)cc1. The zero-order valence-corrected chi connectivity index (χ0v) is 12.8. The molecule has 0 radical (unpaired) electrons. The molecule has 3 N–H and O–H groups in total. The first kappa shape index (κ1) is 14.9. The third-order valence-electron chi connectivity index (χ3n) is 3.70. The smallest absolute Gasteiger partial charge is 0.315 e. The molecule has 0 atom stereocenters. The first-order valence-corrected chi connectivity index (χ1v) is 7.25. The molecule has 0 fully saturated rings. The molecule has 6 nitrogen and oxygen atoms in total. The summed E-state index contributed by atoms with van der Waals surface area (Å²) in [5, 5.41) is 0. The summed E-state index contributed by atoms with van der Waals surface area (Å²) < 4.78 is 5.14. The van der Waals surface area contributed by atoms with E-state index in [4.69, 9.17) is 10.5 Å². The first-order valence-electron chi connectivity index (χ1n) is 7.25. The van der Waals surface area contributed by atoms with Crippen LogP contribution in [0.1, 0.15) is 11.1 Å². The average molecular weight is 310 g/mol. The van der Waals surface area contributed by atoms with Crippen LogP contribution in [0.3, 0.4) is 0 Å². The predicted molar refractivity (Wildman–Crippen MR) is 87.9 cm³/mol. The van der Waals surface area contributed by atoms with Crippen molar-refractivity contribution in [2.75, 3.05) is 7.11 Å². The van der Waals surface area contributed by atoms with Crippen molar-refractivity contribution in [1.82, 2.24) is 14.9 Å². The van der Waals surface area contributed by atoms with Gasteiger partial charge in [0.25, 0.3) is 0 Å². The molecule has 0 aliphatic carbocycles. The molecule has 23 heavy (non-hydrogen) atoms. The maximum absolute atomic E-state index is 11.7. The number of nitrogens with one attached hydrogen (secondary N) is 1. The molecule has 2 aromatic carbocycles. The number of primary amides is 1. The first-order chi connectivity index (χ1) is 11.2. The fourth-order valence-corrected chi connectivity index (χ4v) is 2.46. The Hall–Kier alpha value is -3.02. The minimum atomic E-state index is -0.453. The third-order valence-corrected chi connectivity index (χ3v) is 3.70. The summed E-state index contributed by atoms with van der Waals surface area (Å²) in [5.41, 5.74) is 9.35. The van der Waals surface area contributed by atoms with Crippen LogP contribution >= 0.6 is 0 Å². The number of carbonyl (C=O) groups excluding carboxylic acids is 1. The Kier molecular flexibility index (Phi) is 4.14. The molecule has 3 aromatic rings. The number of methoxy groups -OCH3 is 1. The van der Waals surface area contributed by atoms with Gasteiger partial charge in [0.1, 0.15) is 5.75 Å². The number of carbonyl (C=O) groups is 1. The summed E-state index contributed by atoms with van der Waals surface area (Å²) in [4.78, 5) is 20.6. The van der Waals surface area contributed by atoms with Crippen molar-refractivity contribution >= 4 is 17.1 Å². The molecule has 0 spiro atoms. The molecule has 0 aliphatic heterocycles. The number of hydrogen-bond acceptors (Lipinski definition) is 3. The van der Waals surface area contributed by atoms with Crippen LogP contribution in [0.4, 0.5) is 4.79 Å². The summed E-state index contributed by atoms with van der Waals surface area (Å²) in [6.45, 7) is 0.886. The molecule has 0 saturated carbocycles. The molecule has 1 heterocycles. The third kappa shape index (κ3) is 3.42. The lowest BCUT2D eigenvalue weighted by Gasteiger charge is -2.20. The van der Waals surface area contributed by atoms with E-state index in [2.05, 4.69) is 9.97 Å². The molecular weight excluding hydrogens is 292 g/mol. The van der Waals surface area contributed by atoms with Crippen LogP contribution in [0.25, 0.3) is 11.0 Å². The van der Waals surface area contributed by atoms with Crippen LogP contribution in [0.5, 0.6) is 5.75 Å². The number of aromatic nitrogens is 2. The van der Waals surface area contributed by atoms with Crippen molar-refractivity contribution in [3.63, 3.8) is 0 Å².